The minimum absolute atomic E-state index is 0.265. The molecule has 0 amide bonds. The van der Waals surface area contributed by atoms with E-state index < -0.39 is 10.0 Å². The Bertz CT molecular complexity index is 834. The summed E-state index contributed by atoms with van der Waals surface area (Å²) in [7, 11) is -3.48. The third-order valence-electron chi connectivity index (χ3n) is 3.09. The molecular formula is C15H13BrN2O3S. The maximum Gasteiger partial charge on any atom is 0.263 e. The van der Waals surface area contributed by atoms with Crippen molar-refractivity contribution in [2.24, 2.45) is 4.99 Å². The SMILES string of the molecule is O=S1(=O)NC(=NCCOc2cccc(Br)c2)c2ccccc21. The second-order valence-corrected chi connectivity index (χ2v) is 7.20. The second-order valence-electron chi connectivity index (χ2n) is 4.64. The van der Waals surface area contributed by atoms with Crippen LogP contribution in [0.2, 0.25) is 0 Å². The van der Waals surface area contributed by atoms with Crippen molar-refractivity contribution in [2.75, 3.05) is 13.2 Å². The van der Waals surface area contributed by atoms with E-state index in [0.717, 1.165) is 10.2 Å². The fraction of sp³-hybridized carbons (Fsp3) is 0.133. The van der Waals surface area contributed by atoms with Gasteiger partial charge in [0.1, 0.15) is 18.2 Å². The van der Waals surface area contributed by atoms with E-state index in [-0.39, 0.29) is 4.90 Å². The molecule has 0 atom stereocenters. The van der Waals surface area contributed by atoms with Gasteiger partial charge in [-0.15, -0.1) is 0 Å². The Balaban J connectivity index is 1.67. The highest BCUT2D eigenvalue weighted by Gasteiger charge is 2.29. The molecule has 2 aromatic carbocycles. The largest absolute Gasteiger partial charge is 0.492 e. The van der Waals surface area contributed by atoms with Crippen LogP contribution in [0.4, 0.5) is 0 Å². The van der Waals surface area contributed by atoms with Gasteiger partial charge < -0.3 is 4.74 Å². The number of ether oxygens (including phenoxy) is 1. The lowest BCUT2D eigenvalue weighted by molar-refractivity contribution is 0.328. The van der Waals surface area contributed by atoms with Gasteiger partial charge >= 0.3 is 0 Å². The summed E-state index contributed by atoms with van der Waals surface area (Å²) in [6.45, 7) is 0.725. The standard InChI is InChI=1S/C15H13BrN2O3S/c16-11-4-3-5-12(10-11)21-9-8-17-15-13-6-1-2-7-14(13)22(19,20)18-15/h1-7,10H,8-9H2,(H,17,18). The van der Waals surface area contributed by atoms with Crippen LogP contribution < -0.4 is 9.46 Å². The van der Waals surface area contributed by atoms with E-state index in [2.05, 4.69) is 25.6 Å². The summed E-state index contributed by atoms with van der Waals surface area (Å²) in [6, 6.07) is 14.3. The van der Waals surface area contributed by atoms with Gasteiger partial charge in [-0.3, -0.25) is 9.71 Å². The number of amidine groups is 1. The van der Waals surface area contributed by atoms with E-state index in [4.69, 9.17) is 4.74 Å². The average molecular weight is 381 g/mol. The molecule has 0 aromatic heterocycles. The van der Waals surface area contributed by atoms with Crippen molar-refractivity contribution < 1.29 is 13.2 Å². The Hall–Kier alpha value is -1.86. The normalized spacial score (nSPS) is 17.0. The summed E-state index contributed by atoms with van der Waals surface area (Å²) >= 11 is 3.37. The number of benzene rings is 2. The summed E-state index contributed by atoms with van der Waals surface area (Å²) in [6.07, 6.45) is 0. The molecule has 0 saturated carbocycles. The molecule has 1 aliphatic rings. The highest BCUT2D eigenvalue weighted by molar-refractivity contribution is 9.10. The zero-order valence-corrected chi connectivity index (χ0v) is 13.9. The van der Waals surface area contributed by atoms with E-state index in [1.165, 1.54) is 0 Å². The molecule has 0 saturated heterocycles. The molecule has 5 nitrogen and oxygen atoms in total. The maximum absolute atomic E-state index is 11.9. The lowest BCUT2D eigenvalue weighted by Crippen LogP contribution is -2.23. The van der Waals surface area contributed by atoms with Crippen molar-refractivity contribution in [3.8, 4) is 5.75 Å². The molecule has 1 aliphatic heterocycles. The third kappa shape index (κ3) is 3.15. The quantitative estimate of drug-likeness (QED) is 0.828. The molecule has 114 valence electrons. The molecule has 0 fully saturated rings. The number of hydrogen-bond acceptors (Lipinski definition) is 4. The topological polar surface area (TPSA) is 67.8 Å². The first-order valence-electron chi connectivity index (χ1n) is 6.61. The first kappa shape index (κ1) is 15.1. The van der Waals surface area contributed by atoms with Crippen LogP contribution in [0.1, 0.15) is 5.56 Å². The van der Waals surface area contributed by atoms with Gasteiger partial charge in [-0.2, -0.15) is 0 Å². The lowest BCUT2D eigenvalue weighted by Gasteiger charge is -2.05. The van der Waals surface area contributed by atoms with E-state index in [1.54, 1.807) is 24.3 Å². The Labute approximate surface area is 137 Å². The summed E-state index contributed by atoms with van der Waals surface area (Å²) in [5.41, 5.74) is 0.602. The van der Waals surface area contributed by atoms with Crippen LogP contribution in [0.25, 0.3) is 0 Å². The molecule has 0 radical (unpaired) electrons. The van der Waals surface area contributed by atoms with Gasteiger partial charge in [0.15, 0.2) is 0 Å². The average Bonchev–Trinajstić information content (AvgIpc) is 2.76. The Morgan fingerprint density at radius 1 is 1.14 bits per heavy atom. The number of hydrogen-bond donors (Lipinski definition) is 1. The number of nitrogens with zero attached hydrogens (tertiary/aromatic N) is 1. The van der Waals surface area contributed by atoms with Crippen molar-refractivity contribution in [2.45, 2.75) is 4.90 Å². The van der Waals surface area contributed by atoms with Crippen LogP contribution in [-0.2, 0) is 10.0 Å². The molecule has 2 aromatic rings. The number of sulfonamides is 1. The van der Waals surface area contributed by atoms with Gasteiger partial charge in [-0.05, 0) is 30.3 Å². The van der Waals surface area contributed by atoms with Crippen LogP contribution in [-0.4, -0.2) is 27.4 Å². The molecule has 0 aliphatic carbocycles. The molecular weight excluding hydrogens is 368 g/mol. The maximum atomic E-state index is 11.9. The molecule has 3 rings (SSSR count). The lowest BCUT2D eigenvalue weighted by atomic mass is 10.2. The highest BCUT2D eigenvalue weighted by Crippen LogP contribution is 2.22. The van der Waals surface area contributed by atoms with Gasteiger partial charge in [0, 0.05) is 10.0 Å². The Morgan fingerprint density at radius 2 is 1.95 bits per heavy atom. The zero-order chi connectivity index (χ0) is 15.6. The Kier molecular flexibility index (Phi) is 4.17. The summed E-state index contributed by atoms with van der Waals surface area (Å²) in [5, 5.41) is 0. The van der Waals surface area contributed by atoms with E-state index >= 15 is 0 Å². The summed E-state index contributed by atoms with van der Waals surface area (Å²) < 4.78 is 32.8. The van der Waals surface area contributed by atoms with Crippen LogP contribution in [0.5, 0.6) is 5.75 Å². The molecule has 1 N–H and O–H groups in total. The van der Waals surface area contributed by atoms with Gasteiger partial charge in [0.05, 0.1) is 11.4 Å². The monoisotopic (exact) mass is 380 g/mol. The molecule has 0 bridgehead atoms. The van der Waals surface area contributed by atoms with Crippen LogP contribution in [0.15, 0.2) is 62.9 Å². The minimum Gasteiger partial charge on any atom is -0.492 e. The van der Waals surface area contributed by atoms with Gasteiger partial charge in [0.25, 0.3) is 10.0 Å². The fourth-order valence-electron chi connectivity index (χ4n) is 2.13. The van der Waals surface area contributed by atoms with E-state index in [1.807, 2.05) is 24.3 Å². The fourth-order valence-corrected chi connectivity index (χ4v) is 3.76. The zero-order valence-electron chi connectivity index (χ0n) is 11.5. The first-order chi connectivity index (χ1) is 10.6. The minimum atomic E-state index is -3.48. The van der Waals surface area contributed by atoms with Crippen LogP contribution in [0.3, 0.4) is 0 Å². The number of rotatable bonds is 4. The second kappa shape index (κ2) is 6.10. The highest BCUT2D eigenvalue weighted by atomic mass is 79.9. The third-order valence-corrected chi connectivity index (χ3v) is 4.98. The number of fused-ring (bicyclic) bond motifs is 1. The number of aliphatic imine (C=N–C) groups is 1. The molecule has 7 heteroatoms. The number of halogens is 1. The van der Waals surface area contributed by atoms with Crippen molar-refractivity contribution in [1.82, 2.24) is 4.72 Å². The molecule has 0 spiro atoms. The molecule has 0 unspecified atom stereocenters. The van der Waals surface area contributed by atoms with Crippen LogP contribution >= 0.6 is 15.9 Å². The van der Waals surface area contributed by atoms with Crippen molar-refractivity contribution in [3.05, 3.63) is 58.6 Å². The summed E-state index contributed by atoms with van der Waals surface area (Å²) in [4.78, 5) is 4.55. The number of nitrogens with one attached hydrogen (secondary N) is 1. The molecule has 1 heterocycles. The van der Waals surface area contributed by atoms with Gasteiger partial charge in [0.2, 0.25) is 0 Å². The van der Waals surface area contributed by atoms with Crippen LogP contribution in [0, 0.1) is 0 Å². The van der Waals surface area contributed by atoms with Gasteiger partial charge in [-0.1, -0.05) is 34.1 Å². The first-order valence-corrected chi connectivity index (χ1v) is 8.89. The Morgan fingerprint density at radius 3 is 2.77 bits per heavy atom. The smallest absolute Gasteiger partial charge is 0.263 e. The predicted octanol–water partition coefficient (Wildman–Crippen LogP) is 2.57. The van der Waals surface area contributed by atoms with Crippen molar-refractivity contribution in [3.63, 3.8) is 0 Å². The predicted molar refractivity (Wildman–Crippen MR) is 87.8 cm³/mol. The van der Waals surface area contributed by atoms with E-state index in [0.29, 0.717) is 24.6 Å². The van der Waals surface area contributed by atoms with Gasteiger partial charge in [-0.25, -0.2) is 8.42 Å². The van der Waals surface area contributed by atoms with E-state index in [9.17, 15) is 8.42 Å². The molecule has 22 heavy (non-hydrogen) atoms. The summed E-state index contributed by atoms with van der Waals surface area (Å²) in [5.74, 6) is 1.11. The van der Waals surface area contributed by atoms with Crippen molar-refractivity contribution in [1.29, 1.82) is 0 Å². The van der Waals surface area contributed by atoms with Crippen molar-refractivity contribution >= 4 is 31.8 Å².